The first kappa shape index (κ1) is 19.2. The van der Waals surface area contributed by atoms with Gasteiger partial charge in [-0.2, -0.15) is 0 Å². The Bertz CT molecular complexity index is 162. The second-order valence-electron chi connectivity index (χ2n) is 2.26. The summed E-state index contributed by atoms with van der Waals surface area (Å²) >= 11 is -0.745. The van der Waals surface area contributed by atoms with E-state index >= 15 is 0 Å². The van der Waals surface area contributed by atoms with Crippen LogP contribution in [0.15, 0.2) is 0 Å². The molecule has 0 aromatic rings. The molecule has 0 aliphatic carbocycles. The average Bonchev–Trinajstić information content (AvgIpc) is 1.87. The van der Waals surface area contributed by atoms with Gasteiger partial charge in [-0.1, -0.05) is 0 Å². The Hall–Kier alpha value is 0.614. The zero-order chi connectivity index (χ0) is 9.02. The van der Waals surface area contributed by atoms with Gasteiger partial charge >= 0.3 is 75.8 Å². The first-order valence-electron chi connectivity index (χ1n) is 3.20. The Balaban J connectivity index is -0.000000500. The Morgan fingerprint density at radius 2 is 1.15 bits per heavy atom. The molecule has 0 aliphatic heterocycles. The van der Waals surface area contributed by atoms with Crippen LogP contribution in [0.2, 0.25) is 0 Å². The topological polar surface area (TPSA) is 40.6 Å². The second kappa shape index (κ2) is 9.18. The van der Waals surface area contributed by atoms with Gasteiger partial charge in [0.2, 0.25) is 0 Å². The molecule has 2 amide bonds. The molecule has 0 atom stereocenters. The van der Waals surface area contributed by atoms with E-state index in [0.29, 0.717) is 0 Å². The largest absolute Gasteiger partial charge is 1.00 e. The van der Waals surface area contributed by atoms with Crippen LogP contribution in [0.5, 0.6) is 0 Å². The van der Waals surface area contributed by atoms with Crippen molar-refractivity contribution in [2.45, 2.75) is 13.8 Å². The molecule has 7 heteroatoms. The third kappa shape index (κ3) is 8.93. The van der Waals surface area contributed by atoms with Crippen molar-refractivity contribution >= 4 is 11.8 Å². The summed E-state index contributed by atoms with van der Waals surface area (Å²) in [7, 11) is 3.42. The summed E-state index contributed by atoms with van der Waals surface area (Å²) in [5.41, 5.74) is 0. The summed E-state index contributed by atoms with van der Waals surface area (Å²) in [4.78, 5) is 21.4. The van der Waals surface area contributed by atoms with E-state index < -0.39 is 19.7 Å². The van der Waals surface area contributed by atoms with Crippen molar-refractivity contribution in [1.82, 2.24) is 6.76 Å². The molecule has 0 radical (unpaired) electrons. The summed E-state index contributed by atoms with van der Waals surface area (Å²) < 4.78 is 3.20. The summed E-state index contributed by atoms with van der Waals surface area (Å²) in [6.07, 6.45) is 0. The van der Waals surface area contributed by atoms with Crippen molar-refractivity contribution in [3.8, 4) is 0 Å². The molecule has 13 heavy (non-hydrogen) atoms. The molecule has 0 N–H and O–H groups in total. The van der Waals surface area contributed by atoms with Gasteiger partial charge in [-0.15, -0.1) is 0 Å². The quantitative estimate of drug-likeness (QED) is 0.465. The smallest absolute Gasteiger partial charge is 1.00 e. The van der Waals surface area contributed by atoms with Crippen LogP contribution < -0.4 is 34.0 Å². The monoisotopic (exact) mass is 350 g/mol. The number of carbonyl (C=O) groups excluding carboxylic acids is 2. The predicted octanol–water partition coefficient (Wildman–Crippen LogP) is -6.14. The molecular formula is C6H12Br2N2O2Ti. The standard InChI is InChI=1S/2C3H7NO.2BrH.Ti/c2*1-3(5)4-2;;;/h2*1-2H3,(H,4,5);2*1H;/q;;;;+4/p-4. The maximum atomic E-state index is 10.7. The van der Waals surface area contributed by atoms with Gasteiger partial charge in [-0.3, -0.25) is 0 Å². The van der Waals surface area contributed by atoms with E-state index in [1.807, 2.05) is 0 Å². The summed E-state index contributed by atoms with van der Waals surface area (Å²) in [5, 5.41) is 0. The number of hydrogen-bond donors (Lipinski definition) is 0. The van der Waals surface area contributed by atoms with Gasteiger partial charge in [0.1, 0.15) is 0 Å². The minimum absolute atomic E-state index is 0. The van der Waals surface area contributed by atoms with Crippen LogP contribution in [0, 0.1) is 0 Å². The molecule has 0 aliphatic rings. The van der Waals surface area contributed by atoms with Gasteiger partial charge in [-0.05, 0) is 0 Å². The van der Waals surface area contributed by atoms with Gasteiger partial charge < -0.3 is 34.0 Å². The van der Waals surface area contributed by atoms with E-state index in [0.717, 1.165) is 0 Å². The summed E-state index contributed by atoms with van der Waals surface area (Å²) in [5.74, 6) is 0.0243. The Morgan fingerprint density at radius 1 is 0.923 bits per heavy atom. The molecule has 0 unspecified atom stereocenters. The molecular weight excluding hydrogens is 340 g/mol. The predicted molar refractivity (Wildman–Crippen MR) is 36.9 cm³/mol. The molecule has 0 saturated heterocycles. The van der Waals surface area contributed by atoms with Gasteiger partial charge in [-0.25, -0.2) is 0 Å². The number of halogens is 2. The fourth-order valence-electron chi connectivity index (χ4n) is 0.366. The number of amides is 2. The van der Waals surface area contributed by atoms with E-state index in [1.54, 1.807) is 20.9 Å². The van der Waals surface area contributed by atoms with Gasteiger partial charge in [0.05, 0.1) is 0 Å². The number of rotatable bonds is 2. The van der Waals surface area contributed by atoms with E-state index in [4.69, 9.17) is 0 Å². The fourth-order valence-corrected chi connectivity index (χ4v) is 1.51. The van der Waals surface area contributed by atoms with Crippen molar-refractivity contribution in [3.05, 3.63) is 0 Å². The van der Waals surface area contributed by atoms with E-state index in [1.165, 1.54) is 13.8 Å². The van der Waals surface area contributed by atoms with Crippen LogP contribution in [0.1, 0.15) is 13.8 Å². The van der Waals surface area contributed by atoms with Crippen molar-refractivity contribution in [1.29, 1.82) is 0 Å². The first-order chi connectivity index (χ1) is 4.95. The van der Waals surface area contributed by atoms with Crippen LogP contribution in [0.3, 0.4) is 0 Å². The molecule has 0 bridgehead atoms. The van der Waals surface area contributed by atoms with Crippen LogP contribution >= 0.6 is 0 Å². The molecule has 0 aromatic carbocycles. The van der Waals surface area contributed by atoms with Crippen LogP contribution in [0.4, 0.5) is 0 Å². The number of carbonyl (C=O) groups is 2. The van der Waals surface area contributed by atoms with E-state index in [-0.39, 0.29) is 45.8 Å². The van der Waals surface area contributed by atoms with E-state index in [9.17, 15) is 9.59 Å². The van der Waals surface area contributed by atoms with Gasteiger partial charge in [0, 0.05) is 0 Å². The SMILES string of the molecule is CC(=O)[N](C)[Ti+2][N](C)C(C)=O.[Br-].[Br-]. The number of nitrogens with zero attached hydrogens (tertiary/aromatic N) is 2. The molecule has 0 aromatic heterocycles. The van der Waals surface area contributed by atoms with Crippen LogP contribution in [0.25, 0.3) is 0 Å². The van der Waals surface area contributed by atoms with E-state index in [2.05, 4.69) is 0 Å². The third-order valence-corrected chi connectivity index (χ3v) is 3.17. The molecule has 0 fully saturated rings. The molecule has 0 rings (SSSR count). The Morgan fingerprint density at radius 3 is 1.31 bits per heavy atom. The minimum atomic E-state index is -0.745. The maximum Gasteiger partial charge on any atom is -1.00 e. The minimum Gasteiger partial charge on any atom is -1.00 e. The average molecular weight is 352 g/mol. The van der Waals surface area contributed by atoms with Crippen LogP contribution in [-0.2, 0) is 29.3 Å². The molecule has 4 nitrogen and oxygen atoms in total. The Kier molecular flexibility index (Phi) is 13.6. The molecule has 76 valence electrons. The molecule has 0 heterocycles. The molecule has 0 spiro atoms. The van der Waals surface area contributed by atoms with Gasteiger partial charge in [0.15, 0.2) is 0 Å². The second-order valence-corrected chi connectivity index (χ2v) is 4.66. The summed E-state index contributed by atoms with van der Waals surface area (Å²) in [6.45, 7) is 2.99. The molecule has 0 saturated carbocycles. The fraction of sp³-hybridized carbons (Fsp3) is 0.667. The van der Waals surface area contributed by atoms with Crippen molar-refractivity contribution < 1.29 is 63.2 Å². The van der Waals surface area contributed by atoms with Crippen molar-refractivity contribution in [2.24, 2.45) is 0 Å². The summed E-state index contributed by atoms with van der Waals surface area (Å²) in [6, 6.07) is 0. The van der Waals surface area contributed by atoms with Gasteiger partial charge in [0.25, 0.3) is 0 Å². The van der Waals surface area contributed by atoms with Crippen molar-refractivity contribution in [3.63, 3.8) is 0 Å². The number of hydrogen-bond acceptors (Lipinski definition) is 2. The third-order valence-electron chi connectivity index (χ3n) is 1.24. The zero-order valence-electron chi connectivity index (χ0n) is 7.97. The maximum absolute atomic E-state index is 10.7. The Labute approximate surface area is 109 Å². The zero-order valence-corrected chi connectivity index (χ0v) is 12.7. The van der Waals surface area contributed by atoms with Crippen LogP contribution in [-0.4, -0.2) is 32.7 Å². The normalized spacial score (nSPS) is 7.08. The first-order valence-corrected chi connectivity index (χ1v) is 4.59. The van der Waals surface area contributed by atoms with Crippen molar-refractivity contribution in [2.75, 3.05) is 14.1 Å².